The molecule has 2 aliphatic rings. The van der Waals surface area contributed by atoms with Crippen LogP contribution in [0, 0.1) is 5.92 Å². The molecule has 2 rings (SSSR count). The molecule has 0 aliphatic carbocycles. The summed E-state index contributed by atoms with van der Waals surface area (Å²) in [7, 11) is 0. The molecular weight excluding hydrogens is 288 g/mol. The molecule has 2 saturated heterocycles. The molecule has 0 saturated carbocycles. The maximum atomic E-state index is 11.7. The van der Waals surface area contributed by atoms with Crippen LogP contribution in [0.15, 0.2) is 12.2 Å². The SMILES string of the molecule is CC/C=C/[C@H](CC)CCC[C@@]1(CC)C[C@]2(CC)OC(=O)C[C@@H]2O1. The Labute approximate surface area is 141 Å². The van der Waals surface area contributed by atoms with Crippen LogP contribution in [0.4, 0.5) is 0 Å². The average Bonchev–Trinajstić information content (AvgIpc) is 3.00. The van der Waals surface area contributed by atoms with E-state index in [0.717, 1.165) is 32.1 Å². The number of allylic oxidation sites excluding steroid dienone is 2. The monoisotopic (exact) mass is 322 g/mol. The molecule has 4 atom stereocenters. The molecule has 0 amide bonds. The molecule has 0 bridgehead atoms. The molecule has 0 aromatic rings. The van der Waals surface area contributed by atoms with Crippen LogP contribution in [-0.2, 0) is 14.3 Å². The molecule has 0 aromatic heterocycles. The van der Waals surface area contributed by atoms with Gasteiger partial charge in [-0.05, 0) is 50.9 Å². The van der Waals surface area contributed by atoms with Crippen LogP contribution in [0.3, 0.4) is 0 Å². The molecule has 0 aromatic carbocycles. The number of rotatable bonds is 9. The van der Waals surface area contributed by atoms with Crippen molar-refractivity contribution in [3.8, 4) is 0 Å². The van der Waals surface area contributed by atoms with Crippen molar-refractivity contribution in [1.29, 1.82) is 0 Å². The Balaban J connectivity index is 1.93. The molecule has 0 N–H and O–H groups in total. The van der Waals surface area contributed by atoms with Crippen LogP contribution in [0.25, 0.3) is 0 Å². The Kier molecular flexibility index (Phi) is 6.30. The van der Waals surface area contributed by atoms with Crippen molar-refractivity contribution >= 4 is 5.97 Å². The molecular formula is C20H34O3. The smallest absolute Gasteiger partial charge is 0.309 e. The fraction of sp³-hybridized carbons (Fsp3) is 0.850. The van der Waals surface area contributed by atoms with E-state index in [1.807, 2.05) is 0 Å². The Morgan fingerprint density at radius 1 is 1.26 bits per heavy atom. The number of carbonyl (C=O) groups excluding carboxylic acids is 1. The zero-order valence-corrected chi connectivity index (χ0v) is 15.4. The summed E-state index contributed by atoms with van der Waals surface area (Å²) in [6, 6.07) is 0. The third-order valence-electron chi connectivity index (χ3n) is 5.89. The number of fused-ring (bicyclic) bond motifs is 1. The fourth-order valence-corrected chi connectivity index (χ4v) is 4.27. The molecule has 0 unspecified atom stereocenters. The third-order valence-corrected chi connectivity index (χ3v) is 5.89. The molecule has 0 spiro atoms. The average molecular weight is 322 g/mol. The Morgan fingerprint density at radius 3 is 2.61 bits per heavy atom. The van der Waals surface area contributed by atoms with Gasteiger partial charge in [-0.2, -0.15) is 0 Å². The number of hydrogen-bond acceptors (Lipinski definition) is 3. The van der Waals surface area contributed by atoms with Gasteiger partial charge in [-0.25, -0.2) is 0 Å². The molecule has 132 valence electrons. The van der Waals surface area contributed by atoms with Gasteiger partial charge in [0.1, 0.15) is 11.7 Å². The molecule has 3 heteroatoms. The van der Waals surface area contributed by atoms with E-state index in [9.17, 15) is 4.79 Å². The summed E-state index contributed by atoms with van der Waals surface area (Å²) in [5.74, 6) is 0.597. The predicted octanol–water partition coefficient (Wildman–Crippen LogP) is 5.18. The molecule has 23 heavy (non-hydrogen) atoms. The first-order valence-electron chi connectivity index (χ1n) is 9.59. The Bertz CT molecular complexity index is 431. The zero-order valence-electron chi connectivity index (χ0n) is 15.4. The van der Waals surface area contributed by atoms with Gasteiger partial charge < -0.3 is 9.47 Å². The van der Waals surface area contributed by atoms with Crippen molar-refractivity contribution in [2.45, 2.75) is 103 Å². The highest BCUT2D eigenvalue weighted by molar-refractivity contribution is 5.73. The van der Waals surface area contributed by atoms with Gasteiger partial charge in [-0.3, -0.25) is 4.79 Å². The maximum Gasteiger partial charge on any atom is 0.309 e. The Morgan fingerprint density at radius 2 is 2.04 bits per heavy atom. The minimum absolute atomic E-state index is 0.0260. The summed E-state index contributed by atoms with van der Waals surface area (Å²) in [5, 5.41) is 0. The van der Waals surface area contributed by atoms with Gasteiger partial charge in [0.15, 0.2) is 0 Å². The largest absolute Gasteiger partial charge is 0.456 e. The van der Waals surface area contributed by atoms with E-state index >= 15 is 0 Å². The predicted molar refractivity (Wildman–Crippen MR) is 93.3 cm³/mol. The van der Waals surface area contributed by atoms with E-state index in [4.69, 9.17) is 9.47 Å². The second-order valence-electron chi connectivity index (χ2n) is 7.31. The quantitative estimate of drug-likeness (QED) is 0.433. The van der Waals surface area contributed by atoms with Gasteiger partial charge in [0.05, 0.1) is 12.0 Å². The summed E-state index contributed by atoms with van der Waals surface area (Å²) in [5.41, 5.74) is -0.437. The van der Waals surface area contributed by atoms with Gasteiger partial charge >= 0.3 is 5.97 Å². The minimum Gasteiger partial charge on any atom is -0.456 e. The van der Waals surface area contributed by atoms with E-state index in [1.165, 1.54) is 19.3 Å². The first-order chi connectivity index (χ1) is 11.0. The van der Waals surface area contributed by atoms with Crippen LogP contribution < -0.4 is 0 Å². The van der Waals surface area contributed by atoms with E-state index in [1.54, 1.807) is 0 Å². The van der Waals surface area contributed by atoms with E-state index in [-0.39, 0.29) is 23.3 Å². The highest BCUT2D eigenvalue weighted by Crippen LogP contribution is 2.51. The lowest BCUT2D eigenvalue weighted by Crippen LogP contribution is -2.35. The minimum atomic E-state index is -0.348. The zero-order chi connectivity index (χ0) is 16.9. The van der Waals surface area contributed by atoms with Crippen molar-refractivity contribution in [2.24, 2.45) is 5.92 Å². The van der Waals surface area contributed by atoms with E-state index in [0.29, 0.717) is 12.3 Å². The first kappa shape index (κ1) is 18.5. The normalized spacial score (nSPS) is 34.8. The first-order valence-corrected chi connectivity index (χ1v) is 9.59. The van der Waals surface area contributed by atoms with E-state index in [2.05, 4.69) is 39.8 Å². The van der Waals surface area contributed by atoms with Crippen molar-refractivity contribution in [3.05, 3.63) is 12.2 Å². The standard InChI is InChI=1S/C20H34O3/c1-5-9-11-16(6-2)12-10-13-19(7-3)15-20(8-4)17(22-19)14-18(21)23-20/h9,11,16-17H,5-8,10,12-15H2,1-4H3/b11-9+/t16-,17-,19-,20-/m0/s1. The highest BCUT2D eigenvalue weighted by atomic mass is 16.6. The summed E-state index contributed by atoms with van der Waals surface area (Å²) in [6.45, 7) is 8.78. The van der Waals surface area contributed by atoms with Crippen molar-refractivity contribution in [3.63, 3.8) is 0 Å². The van der Waals surface area contributed by atoms with Crippen molar-refractivity contribution in [1.82, 2.24) is 0 Å². The van der Waals surface area contributed by atoms with Crippen LogP contribution in [-0.4, -0.2) is 23.3 Å². The third kappa shape index (κ3) is 3.99. The molecule has 2 fully saturated rings. The number of ether oxygens (including phenoxy) is 2. The highest BCUT2D eigenvalue weighted by Gasteiger charge is 2.60. The van der Waals surface area contributed by atoms with Gasteiger partial charge in [0.2, 0.25) is 0 Å². The van der Waals surface area contributed by atoms with Gasteiger partial charge in [-0.1, -0.05) is 39.8 Å². The summed E-state index contributed by atoms with van der Waals surface area (Å²) in [4.78, 5) is 11.7. The maximum absolute atomic E-state index is 11.7. The molecule has 3 nitrogen and oxygen atoms in total. The van der Waals surface area contributed by atoms with Crippen LogP contribution in [0.2, 0.25) is 0 Å². The lowest BCUT2D eigenvalue weighted by molar-refractivity contribution is -0.149. The number of hydrogen-bond donors (Lipinski definition) is 0. The number of esters is 1. The lowest BCUT2D eigenvalue weighted by Gasteiger charge is -2.30. The van der Waals surface area contributed by atoms with Crippen LogP contribution in [0.1, 0.15) is 85.5 Å². The van der Waals surface area contributed by atoms with Crippen molar-refractivity contribution in [2.75, 3.05) is 0 Å². The second kappa shape index (κ2) is 7.83. The topological polar surface area (TPSA) is 35.5 Å². The van der Waals surface area contributed by atoms with Crippen LogP contribution in [0.5, 0.6) is 0 Å². The van der Waals surface area contributed by atoms with Gasteiger partial charge in [0.25, 0.3) is 0 Å². The van der Waals surface area contributed by atoms with E-state index < -0.39 is 0 Å². The van der Waals surface area contributed by atoms with Crippen LogP contribution >= 0.6 is 0 Å². The van der Waals surface area contributed by atoms with Gasteiger partial charge in [-0.15, -0.1) is 0 Å². The summed E-state index contributed by atoms with van der Waals surface area (Å²) in [6.07, 6.45) is 13.6. The molecule has 2 heterocycles. The fourth-order valence-electron chi connectivity index (χ4n) is 4.27. The summed E-state index contributed by atoms with van der Waals surface area (Å²) >= 11 is 0. The Hall–Kier alpha value is -0.830. The second-order valence-corrected chi connectivity index (χ2v) is 7.31. The van der Waals surface area contributed by atoms with Crippen molar-refractivity contribution < 1.29 is 14.3 Å². The summed E-state index contributed by atoms with van der Waals surface area (Å²) < 4.78 is 12.1. The lowest BCUT2D eigenvalue weighted by atomic mass is 9.81. The van der Waals surface area contributed by atoms with Gasteiger partial charge in [0, 0.05) is 6.42 Å². The number of carbonyl (C=O) groups is 1. The molecule has 0 radical (unpaired) electrons. The molecule has 2 aliphatic heterocycles.